The number of halogens is 2. The molecule has 0 bridgehead atoms. The second kappa shape index (κ2) is 3.48. The first-order chi connectivity index (χ1) is 5.25. The van der Waals surface area contributed by atoms with E-state index in [1.807, 2.05) is 0 Å². The van der Waals surface area contributed by atoms with E-state index in [9.17, 15) is 8.78 Å². The van der Waals surface area contributed by atoms with Crippen LogP contribution < -0.4 is 5.73 Å². The highest BCUT2D eigenvalue weighted by molar-refractivity contribution is 5.13. The van der Waals surface area contributed by atoms with Crippen molar-refractivity contribution in [2.45, 2.75) is 12.3 Å². The lowest BCUT2D eigenvalue weighted by Gasteiger charge is -2.09. The minimum absolute atomic E-state index is 0.0583. The van der Waals surface area contributed by atoms with Crippen molar-refractivity contribution < 1.29 is 13.2 Å². The summed E-state index contributed by atoms with van der Waals surface area (Å²) in [6.45, 7) is -0.0583. The van der Waals surface area contributed by atoms with E-state index in [0.717, 1.165) is 0 Å². The Kier molecular flexibility index (Phi) is 2.59. The number of nitrogens with two attached hydrogens (primary N) is 1. The van der Waals surface area contributed by atoms with Gasteiger partial charge in [-0.3, -0.25) is 0 Å². The fraction of sp³-hybridized carbons (Fsp3) is 0.429. The summed E-state index contributed by atoms with van der Waals surface area (Å²) in [5.74, 6) is -0.895. The van der Waals surface area contributed by atoms with Crippen LogP contribution in [0.15, 0.2) is 23.0 Å². The SMILES string of the molecule is NCC(c1ccoc1)C(F)F. The maximum Gasteiger partial charge on any atom is 0.246 e. The van der Waals surface area contributed by atoms with Crippen molar-refractivity contribution in [2.24, 2.45) is 5.73 Å². The first kappa shape index (κ1) is 8.20. The minimum atomic E-state index is -2.42. The van der Waals surface area contributed by atoms with Gasteiger partial charge in [0, 0.05) is 12.1 Å². The summed E-state index contributed by atoms with van der Waals surface area (Å²) in [7, 11) is 0. The first-order valence-corrected chi connectivity index (χ1v) is 3.26. The summed E-state index contributed by atoms with van der Waals surface area (Å²) in [5, 5.41) is 0. The normalized spacial score (nSPS) is 13.8. The average molecular weight is 161 g/mol. The van der Waals surface area contributed by atoms with Crippen molar-refractivity contribution in [3.8, 4) is 0 Å². The van der Waals surface area contributed by atoms with E-state index in [4.69, 9.17) is 5.73 Å². The number of hydrogen-bond donors (Lipinski definition) is 1. The highest BCUT2D eigenvalue weighted by Crippen LogP contribution is 2.21. The molecule has 2 nitrogen and oxygen atoms in total. The van der Waals surface area contributed by atoms with E-state index >= 15 is 0 Å². The third-order valence-electron chi connectivity index (χ3n) is 1.53. The fourth-order valence-electron chi connectivity index (χ4n) is 0.870. The molecule has 0 radical (unpaired) electrons. The highest BCUT2D eigenvalue weighted by Gasteiger charge is 2.21. The molecule has 1 aromatic rings. The smallest absolute Gasteiger partial charge is 0.246 e. The highest BCUT2D eigenvalue weighted by atomic mass is 19.3. The van der Waals surface area contributed by atoms with Crippen LogP contribution in [0.1, 0.15) is 11.5 Å². The van der Waals surface area contributed by atoms with E-state index in [1.54, 1.807) is 0 Å². The van der Waals surface area contributed by atoms with Gasteiger partial charge in [0.15, 0.2) is 0 Å². The van der Waals surface area contributed by atoms with Gasteiger partial charge in [-0.05, 0) is 6.07 Å². The summed E-state index contributed by atoms with van der Waals surface area (Å²) < 4.78 is 28.9. The van der Waals surface area contributed by atoms with Crippen LogP contribution in [0.4, 0.5) is 8.78 Å². The summed E-state index contributed by atoms with van der Waals surface area (Å²) in [6.07, 6.45) is 0.238. The largest absolute Gasteiger partial charge is 0.472 e. The maximum absolute atomic E-state index is 12.1. The second-order valence-corrected chi connectivity index (χ2v) is 2.23. The molecule has 1 atom stereocenters. The van der Waals surface area contributed by atoms with Crippen molar-refractivity contribution in [3.05, 3.63) is 24.2 Å². The van der Waals surface area contributed by atoms with Crippen LogP contribution in [0.5, 0.6) is 0 Å². The Labute approximate surface area is 63.0 Å². The molecule has 0 saturated heterocycles. The van der Waals surface area contributed by atoms with Gasteiger partial charge in [-0.2, -0.15) is 0 Å². The lowest BCUT2D eigenvalue weighted by atomic mass is 10.0. The summed E-state index contributed by atoms with van der Waals surface area (Å²) >= 11 is 0. The molecule has 62 valence electrons. The predicted molar refractivity (Wildman–Crippen MR) is 36.5 cm³/mol. The zero-order chi connectivity index (χ0) is 8.27. The maximum atomic E-state index is 12.1. The van der Waals surface area contributed by atoms with Crippen LogP contribution in [-0.2, 0) is 0 Å². The quantitative estimate of drug-likeness (QED) is 0.731. The van der Waals surface area contributed by atoms with Crippen molar-refractivity contribution in [3.63, 3.8) is 0 Å². The van der Waals surface area contributed by atoms with Gasteiger partial charge >= 0.3 is 0 Å². The Balaban J connectivity index is 2.71. The molecule has 0 amide bonds. The number of alkyl halides is 2. The van der Waals surface area contributed by atoms with E-state index in [2.05, 4.69) is 4.42 Å². The summed E-state index contributed by atoms with van der Waals surface area (Å²) in [5.41, 5.74) is 5.60. The molecular formula is C7H9F2NO. The van der Waals surface area contributed by atoms with Gasteiger partial charge in [-0.15, -0.1) is 0 Å². The molecule has 4 heteroatoms. The first-order valence-electron chi connectivity index (χ1n) is 3.26. The topological polar surface area (TPSA) is 39.2 Å². The molecule has 0 aromatic carbocycles. The van der Waals surface area contributed by atoms with E-state index < -0.39 is 12.3 Å². The monoisotopic (exact) mass is 161 g/mol. The molecule has 0 saturated carbocycles. The molecule has 0 spiro atoms. The number of hydrogen-bond acceptors (Lipinski definition) is 2. The molecular weight excluding hydrogens is 152 g/mol. The Morgan fingerprint density at radius 1 is 1.55 bits per heavy atom. The summed E-state index contributed by atoms with van der Waals surface area (Å²) in [4.78, 5) is 0. The van der Waals surface area contributed by atoms with Gasteiger partial charge in [-0.1, -0.05) is 0 Å². The molecule has 1 unspecified atom stereocenters. The van der Waals surface area contributed by atoms with Crippen LogP contribution in [0.3, 0.4) is 0 Å². The van der Waals surface area contributed by atoms with E-state index in [1.165, 1.54) is 18.6 Å². The minimum Gasteiger partial charge on any atom is -0.472 e. The Bertz CT molecular complexity index is 198. The predicted octanol–water partition coefficient (Wildman–Crippen LogP) is 1.59. The number of furan rings is 1. The molecule has 11 heavy (non-hydrogen) atoms. The summed E-state index contributed by atoms with van der Waals surface area (Å²) in [6, 6.07) is 1.50. The molecule has 1 aromatic heterocycles. The molecule has 0 fully saturated rings. The standard InChI is InChI=1S/C7H9F2NO/c8-7(9)6(3-10)5-1-2-11-4-5/h1-2,4,6-7H,3,10H2. The van der Waals surface area contributed by atoms with E-state index in [0.29, 0.717) is 5.56 Å². The van der Waals surface area contributed by atoms with Crippen molar-refractivity contribution >= 4 is 0 Å². The molecule has 1 heterocycles. The molecule has 2 N–H and O–H groups in total. The van der Waals surface area contributed by atoms with Crippen LogP contribution in [0.2, 0.25) is 0 Å². The van der Waals surface area contributed by atoms with Gasteiger partial charge in [-0.25, -0.2) is 8.78 Å². The van der Waals surface area contributed by atoms with Gasteiger partial charge in [0.05, 0.1) is 18.4 Å². The molecule has 1 rings (SSSR count). The Morgan fingerprint density at radius 2 is 2.27 bits per heavy atom. The third-order valence-corrected chi connectivity index (χ3v) is 1.53. The lowest BCUT2D eigenvalue weighted by Crippen LogP contribution is -2.18. The van der Waals surface area contributed by atoms with Crippen molar-refractivity contribution in [1.82, 2.24) is 0 Å². The zero-order valence-electron chi connectivity index (χ0n) is 5.84. The lowest BCUT2D eigenvalue weighted by molar-refractivity contribution is 0.117. The third kappa shape index (κ3) is 1.77. The van der Waals surface area contributed by atoms with Crippen LogP contribution in [0.25, 0.3) is 0 Å². The van der Waals surface area contributed by atoms with Gasteiger partial charge < -0.3 is 10.2 Å². The zero-order valence-corrected chi connectivity index (χ0v) is 5.84. The van der Waals surface area contributed by atoms with Crippen LogP contribution in [-0.4, -0.2) is 13.0 Å². The Hall–Kier alpha value is -0.900. The molecule has 0 aliphatic heterocycles. The Morgan fingerprint density at radius 3 is 2.64 bits per heavy atom. The second-order valence-electron chi connectivity index (χ2n) is 2.23. The van der Waals surface area contributed by atoms with Crippen molar-refractivity contribution in [2.75, 3.05) is 6.54 Å². The van der Waals surface area contributed by atoms with Crippen molar-refractivity contribution in [1.29, 1.82) is 0 Å². The van der Waals surface area contributed by atoms with Crippen LogP contribution >= 0.6 is 0 Å². The number of rotatable bonds is 3. The van der Waals surface area contributed by atoms with Crippen LogP contribution in [0, 0.1) is 0 Å². The van der Waals surface area contributed by atoms with Gasteiger partial charge in [0.1, 0.15) is 0 Å². The van der Waals surface area contributed by atoms with Gasteiger partial charge in [0.2, 0.25) is 6.43 Å². The van der Waals surface area contributed by atoms with E-state index in [-0.39, 0.29) is 6.54 Å². The molecule has 0 aliphatic rings. The molecule has 0 aliphatic carbocycles. The average Bonchev–Trinajstić information content (AvgIpc) is 2.40. The fourth-order valence-corrected chi connectivity index (χ4v) is 0.870. The van der Waals surface area contributed by atoms with Gasteiger partial charge in [0.25, 0.3) is 0 Å².